The Morgan fingerprint density at radius 1 is 1.12 bits per heavy atom. The second-order valence-corrected chi connectivity index (χ2v) is 5.38. The Morgan fingerprint density at radius 2 is 1.77 bits per heavy atom. The molecule has 2 N–H and O–H groups in total. The summed E-state index contributed by atoms with van der Waals surface area (Å²) in [6.45, 7) is -0.263. The number of methoxy groups -OCH3 is 2. The number of hydrogen-bond donors (Lipinski definition) is 2. The van der Waals surface area contributed by atoms with E-state index in [-0.39, 0.29) is 6.54 Å². The van der Waals surface area contributed by atoms with Crippen LogP contribution in [0.2, 0.25) is 0 Å². The molecule has 0 saturated heterocycles. The summed E-state index contributed by atoms with van der Waals surface area (Å²) in [4.78, 5) is 12.1. The molecule has 0 unspecified atom stereocenters. The number of rotatable bonds is 6. The summed E-state index contributed by atoms with van der Waals surface area (Å²) in [5, 5.41) is 12.5. The molecule has 1 atom stereocenters. The number of alkyl halides is 3. The van der Waals surface area contributed by atoms with Crippen LogP contribution in [0.15, 0.2) is 42.5 Å². The van der Waals surface area contributed by atoms with Crippen LogP contribution in [0.1, 0.15) is 27.6 Å². The van der Waals surface area contributed by atoms with E-state index < -0.39 is 29.3 Å². The van der Waals surface area contributed by atoms with Gasteiger partial charge in [-0.2, -0.15) is 13.2 Å². The highest BCUT2D eigenvalue weighted by Gasteiger charge is 2.34. The third-order valence-corrected chi connectivity index (χ3v) is 3.73. The Kier molecular flexibility index (Phi) is 6.10. The smallest absolute Gasteiger partial charge is 0.417 e. The molecule has 5 nitrogen and oxygen atoms in total. The average Bonchev–Trinajstić information content (AvgIpc) is 2.64. The molecule has 0 fully saturated rings. The predicted octanol–water partition coefficient (Wildman–Crippen LogP) is 3.19. The minimum Gasteiger partial charge on any atom is -0.493 e. The molecule has 140 valence electrons. The van der Waals surface area contributed by atoms with Crippen molar-refractivity contribution in [3.63, 3.8) is 0 Å². The first-order valence-electron chi connectivity index (χ1n) is 7.62. The Balaban J connectivity index is 2.11. The van der Waals surface area contributed by atoms with Crippen LogP contribution in [0.25, 0.3) is 0 Å². The van der Waals surface area contributed by atoms with E-state index in [4.69, 9.17) is 9.47 Å². The van der Waals surface area contributed by atoms with Gasteiger partial charge >= 0.3 is 6.18 Å². The maximum absolute atomic E-state index is 13.0. The lowest BCUT2D eigenvalue weighted by atomic mass is 10.1. The number of amides is 1. The van der Waals surface area contributed by atoms with Gasteiger partial charge in [-0.15, -0.1) is 0 Å². The second-order valence-electron chi connectivity index (χ2n) is 5.38. The number of ether oxygens (including phenoxy) is 2. The quantitative estimate of drug-likeness (QED) is 0.821. The number of hydrogen-bond acceptors (Lipinski definition) is 4. The summed E-state index contributed by atoms with van der Waals surface area (Å²) in [5.41, 5.74) is -1.11. The number of aliphatic hydroxyl groups is 1. The fourth-order valence-corrected chi connectivity index (χ4v) is 2.39. The number of halogens is 3. The molecule has 0 aliphatic carbocycles. The van der Waals surface area contributed by atoms with Crippen LogP contribution < -0.4 is 14.8 Å². The first-order valence-corrected chi connectivity index (χ1v) is 7.62. The third-order valence-electron chi connectivity index (χ3n) is 3.73. The molecule has 2 aromatic rings. The average molecular weight is 369 g/mol. The van der Waals surface area contributed by atoms with E-state index in [0.29, 0.717) is 17.1 Å². The van der Waals surface area contributed by atoms with Gasteiger partial charge in [-0.1, -0.05) is 18.2 Å². The van der Waals surface area contributed by atoms with Crippen molar-refractivity contribution in [1.29, 1.82) is 0 Å². The molecule has 1 amide bonds. The molecule has 0 spiro atoms. The Morgan fingerprint density at radius 3 is 2.38 bits per heavy atom. The third kappa shape index (κ3) is 4.45. The maximum Gasteiger partial charge on any atom is 0.417 e. The van der Waals surface area contributed by atoms with Crippen molar-refractivity contribution in [2.45, 2.75) is 12.3 Å². The molecule has 0 bridgehead atoms. The summed E-state index contributed by atoms with van der Waals surface area (Å²) in [5.74, 6) is -0.0677. The molecule has 0 aliphatic rings. The minimum atomic E-state index is -4.64. The lowest BCUT2D eigenvalue weighted by molar-refractivity contribution is -0.137. The van der Waals surface area contributed by atoms with Gasteiger partial charge in [-0.25, -0.2) is 0 Å². The molecule has 2 rings (SSSR count). The van der Waals surface area contributed by atoms with Gasteiger partial charge in [0.15, 0.2) is 11.5 Å². The first-order chi connectivity index (χ1) is 12.3. The molecular formula is C18H18F3NO4. The molecule has 26 heavy (non-hydrogen) atoms. The van der Waals surface area contributed by atoms with Crippen LogP contribution in [0, 0.1) is 0 Å². The molecule has 0 radical (unpaired) electrons. The highest BCUT2D eigenvalue weighted by molar-refractivity contribution is 5.95. The van der Waals surface area contributed by atoms with Gasteiger partial charge < -0.3 is 19.9 Å². The van der Waals surface area contributed by atoms with Gasteiger partial charge in [0.25, 0.3) is 5.91 Å². The summed E-state index contributed by atoms with van der Waals surface area (Å²) in [6.07, 6.45) is -5.77. The number of aliphatic hydroxyl groups excluding tert-OH is 1. The SMILES string of the molecule is COc1ccc([C@@H](O)CNC(=O)c2ccccc2C(F)(F)F)cc1OC. The van der Waals surface area contributed by atoms with Crippen molar-refractivity contribution >= 4 is 5.91 Å². The lowest BCUT2D eigenvalue weighted by Gasteiger charge is -2.16. The van der Waals surface area contributed by atoms with Crippen LogP contribution in [0.5, 0.6) is 11.5 Å². The van der Waals surface area contributed by atoms with E-state index >= 15 is 0 Å². The summed E-state index contributed by atoms with van der Waals surface area (Å²) in [7, 11) is 2.90. The summed E-state index contributed by atoms with van der Waals surface area (Å²) in [6, 6.07) is 9.15. The normalized spacial score (nSPS) is 12.4. The van der Waals surface area contributed by atoms with Crippen molar-refractivity contribution in [2.24, 2.45) is 0 Å². The number of nitrogens with one attached hydrogen (secondary N) is 1. The van der Waals surface area contributed by atoms with Gasteiger partial charge in [-0.3, -0.25) is 4.79 Å². The molecular weight excluding hydrogens is 351 g/mol. The molecule has 2 aromatic carbocycles. The Hall–Kier alpha value is -2.74. The highest BCUT2D eigenvalue weighted by Crippen LogP contribution is 2.32. The van der Waals surface area contributed by atoms with Crippen LogP contribution in [-0.4, -0.2) is 31.8 Å². The van der Waals surface area contributed by atoms with Gasteiger partial charge in [0, 0.05) is 6.54 Å². The van der Waals surface area contributed by atoms with E-state index in [0.717, 1.165) is 12.1 Å². The number of carbonyl (C=O) groups is 1. The zero-order chi connectivity index (χ0) is 19.3. The largest absolute Gasteiger partial charge is 0.493 e. The molecule has 0 saturated carbocycles. The van der Waals surface area contributed by atoms with Crippen molar-refractivity contribution < 1.29 is 32.5 Å². The van der Waals surface area contributed by atoms with Gasteiger partial charge in [0.05, 0.1) is 31.5 Å². The highest BCUT2D eigenvalue weighted by atomic mass is 19.4. The zero-order valence-corrected chi connectivity index (χ0v) is 14.1. The maximum atomic E-state index is 13.0. The van der Waals surface area contributed by atoms with E-state index in [1.807, 2.05) is 0 Å². The van der Waals surface area contributed by atoms with Crippen LogP contribution in [0.4, 0.5) is 13.2 Å². The van der Waals surface area contributed by atoms with E-state index in [9.17, 15) is 23.1 Å². The summed E-state index contributed by atoms with van der Waals surface area (Å²) >= 11 is 0. The lowest BCUT2D eigenvalue weighted by Crippen LogP contribution is -2.30. The fraction of sp³-hybridized carbons (Fsp3) is 0.278. The van der Waals surface area contributed by atoms with E-state index in [1.54, 1.807) is 12.1 Å². The Bertz CT molecular complexity index is 777. The fourth-order valence-electron chi connectivity index (χ4n) is 2.39. The zero-order valence-electron chi connectivity index (χ0n) is 14.1. The standard InChI is InChI=1S/C18H18F3NO4/c1-25-15-8-7-11(9-16(15)26-2)14(23)10-22-17(24)12-5-3-4-6-13(12)18(19,20)21/h3-9,14,23H,10H2,1-2H3,(H,22,24)/t14-/m0/s1. The van der Waals surface area contributed by atoms with Gasteiger partial charge in [0.2, 0.25) is 0 Å². The second kappa shape index (κ2) is 8.09. The van der Waals surface area contributed by atoms with Gasteiger partial charge in [0.1, 0.15) is 0 Å². The monoisotopic (exact) mass is 369 g/mol. The molecule has 0 heterocycles. The van der Waals surface area contributed by atoms with Gasteiger partial charge in [-0.05, 0) is 29.8 Å². The minimum absolute atomic E-state index is 0.263. The predicted molar refractivity (Wildman–Crippen MR) is 88.3 cm³/mol. The molecule has 0 aromatic heterocycles. The molecule has 0 aliphatic heterocycles. The molecule has 8 heteroatoms. The van der Waals surface area contributed by atoms with Crippen molar-refractivity contribution in [1.82, 2.24) is 5.32 Å². The summed E-state index contributed by atoms with van der Waals surface area (Å²) < 4.78 is 49.1. The number of benzene rings is 2. The van der Waals surface area contributed by atoms with E-state index in [2.05, 4.69) is 5.32 Å². The van der Waals surface area contributed by atoms with Crippen LogP contribution >= 0.6 is 0 Å². The first kappa shape index (κ1) is 19.6. The van der Waals surface area contributed by atoms with Crippen molar-refractivity contribution in [2.75, 3.05) is 20.8 Å². The van der Waals surface area contributed by atoms with Crippen LogP contribution in [0.3, 0.4) is 0 Å². The Labute approximate surface area is 148 Å². The van der Waals surface area contributed by atoms with E-state index in [1.165, 1.54) is 32.4 Å². The van der Waals surface area contributed by atoms with Crippen molar-refractivity contribution in [3.8, 4) is 11.5 Å². The van der Waals surface area contributed by atoms with Crippen LogP contribution in [-0.2, 0) is 6.18 Å². The number of carbonyl (C=O) groups excluding carboxylic acids is 1. The topological polar surface area (TPSA) is 67.8 Å². The van der Waals surface area contributed by atoms with Crippen molar-refractivity contribution in [3.05, 3.63) is 59.2 Å².